The average Bonchev–Trinajstić information content (AvgIpc) is 2.79. The van der Waals surface area contributed by atoms with Gasteiger partial charge in [-0.3, -0.25) is 9.69 Å². The number of aromatic nitrogens is 1. The van der Waals surface area contributed by atoms with E-state index in [1.807, 2.05) is 11.8 Å². The summed E-state index contributed by atoms with van der Waals surface area (Å²) in [5, 5.41) is 14.3. The van der Waals surface area contributed by atoms with Crippen molar-refractivity contribution in [2.75, 3.05) is 26.2 Å². The highest BCUT2D eigenvalue weighted by atomic mass is 32.2. The Bertz CT molecular complexity index is 1300. The molecule has 0 radical (unpaired) electrons. The number of halogens is 1. The number of hydrogen-bond donors (Lipinski definition) is 2. The molecule has 1 amide bonds. The molecule has 1 aliphatic heterocycles. The van der Waals surface area contributed by atoms with E-state index in [1.54, 1.807) is 24.0 Å². The van der Waals surface area contributed by atoms with Gasteiger partial charge < -0.3 is 14.7 Å². The van der Waals surface area contributed by atoms with Crippen LogP contribution in [-0.4, -0.2) is 72.4 Å². The fraction of sp³-hybridized carbons (Fsp3) is 0.375. The number of aryl methyl sites for hydroxylation is 2. The quantitative estimate of drug-likeness (QED) is 0.503. The summed E-state index contributed by atoms with van der Waals surface area (Å²) in [4.78, 5) is 31.4. The van der Waals surface area contributed by atoms with Crippen molar-refractivity contribution in [3.63, 3.8) is 0 Å². The molecule has 0 bridgehead atoms. The normalized spacial score (nSPS) is 17.5. The number of amides is 1. The number of carbonyl (C=O) groups is 2. The maximum Gasteiger partial charge on any atom is 0.358 e. The van der Waals surface area contributed by atoms with E-state index in [-0.39, 0.29) is 29.8 Å². The minimum absolute atomic E-state index is 0.108. The number of ether oxygens (including phenoxy) is 1. The highest BCUT2D eigenvalue weighted by Gasteiger charge is 2.30. The number of pyridine rings is 1. The lowest BCUT2D eigenvalue weighted by atomic mass is 10.0. The molecule has 12 heteroatoms. The van der Waals surface area contributed by atoms with Crippen LogP contribution in [0.15, 0.2) is 41.9 Å². The Kier molecular flexibility index (Phi) is 8.12. The number of benzene rings is 1. The zero-order chi connectivity index (χ0) is 26.8. The third-order valence-electron chi connectivity index (χ3n) is 6.03. The van der Waals surface area contributed by atoms with Crippen LogP contribution in [0.25, 0.3) is 0 Å². The number of carboxylic acids is 1. The van der Waals surface area contributed by atoms with E-state index in [2.05, 4.69) is 11.6 Å². The molecule has 3 rings (SSSR count). The van der Waals surface area contributed by atoms with Crippen LogP contribution in [0, 0.1) is 19.7 Å². The van der Waals surface area contributed by atoms with Crippen LogP contribution in [0.2, 0.25) is 0 Å². The number of sulfonamides is 1. The molecule has 10 nitrogen and oxygen atoms in total. The molecule has 0 spiro atoms. The smallest absolute Gasteiger partial charge is 0.358 e. The van der Waals surface area contributed by atoms with Gasteiger partial charge in [0.05, 0.1) is 0 Å². The van der Waals surface area contributed by atoms with Gasteiger partial charge in [0, 0.05) is 32.2 Å². The third kappa shape index (κ3) is 6.07. The third-order valence-corrected chi connectivity index (χ3v) is 6.99. The van der Waals surface area contributed by atoms with Crippen molar-refractivity contribution in [3.8, 4) is 5.75 Å². The predicted molar refractivity (Wildman–Crippen MR) is 130 cm³/mol. The zero-order valence-electron chi connectivity index (χ0n) is 20.3. The first-order chi connectivity index (χ1) is 16.8. The second-order valence-electron chi connectivity index (χ2n) is 8.77. The summed E-state index contributed by atoms with van der Waals surface area (Å²) >= 11 is 0. The van der Waals surface area contributed by atoms with Gasteiger partial charge in [0.25, 0.3) is 10.0 Å². The number of piperazine rings is 1. The average molecular weight is 521 g/mol. The lowest BCUT2D eigenvalue weighted by Crippen LogP contribution is -2.54. The van der Waals surface area contributed by atoms with Gasteiger partial charge in [0.2, 0.25) is 5.91 Å². The first-order valence-electron chi connectivity index (χ1n) is 11.2. The molecule has 2 atom stereocenters. The van der Waals surface area contributed by atoms with Gasteiger partial charge in [0.15, 0.2) is 16.5 Å². The Morgan fingerprint density at radius 3 is 2.56 bits per heavy atom. The SMILES string of the molecule is C=CC(=O)N1CCN(C[C@@H](Oc2cc(C)c(S(N)(=O)=O)nc2C(=O)O)c2ccc(C)c(F)c2)C[C@H]1C. The van der Waals surface area contributed by atoms with Gasteiger partial charge in [-0.2, -0.15) is 0 Å². The largest absolute Gasteiger partial charge is 0.482 e. The maximum absolute atomic E-state index is 14.4. The molecule has 0 aliphatic carbocycles. The van der Waals surface area contributed by atoms with Crippen LogP contribution in [0.3, 0.4) is 0 Å². The van der Waals surface area contributed by atoms with Gasteiger partial charge in [-0.15, -0.1) is 0 Å². The Labute approximate surface area is 209 Å². The molecule has 2 aromatic rings. The highest BCUT2D eigenvalue weighted by molar-refractivity contribution is 7.89. The lowest BCUT2D eigenvalue weighted by molar-refractivity contribution is -0.130. The molecular weight excluding hydrogens is 491 g/mol. The standard InChI is InChI=1S/C24H29FN4O6S/c1-5-21(30)29-9-8-28(12-16(29)4)13-20(17-7-6-14(2)18(25)11-17)35-19-10-15(3)23(36(26,33)34)27-22(19)24(31)32/h5-7,10-11,16,20H,1,8-9,12-13H2,2-4H3,(H,31,32)(H2,26,33,34)/t16-,20-/m1/s1. The second-order valence-corrected chi connectivity index (χ2v) is 10.2. The van der Waals surface area contributed by atoms with Crippen molar-refractivity contribution in [2.45, 2.75) is 37.9 Å². The minimum Gasteiger partial charge on any atom is -0.482 e. The Balaban J connectivity index is 1.98. The molecule has 194 valence electrons. The summed E-state index contributed by atoms with van der Waals surface area (Å²) in [7, 11) is -4.27. The molecule has 0 unspecified atom stereocenters. The number of primary sulfonamides is 1. The van der Waals surface area contributed by atoms with E-state index < -0.39 is 38.6 Å². The molecule has 3 N–H and O–H groups in total. The number of carbonyl (C=O) groups excluding carboxylic acids is 1. The summed E-state index contributed by atoms with van der Waals surface area (Å²) in [6.45, 7) is 10.2. The molecule has 2 heterocycles. The first kappa shape index (κ1) is 27.2. The van der Waals surface area contributed by atoms with Crippen molar-refractivity contribution in [3.05, 3.63) is 65.1 Å². The van der Waals surface area contributed by atoms with Crippen LogP contribution in [0.4, 0.5) is 4.39 Å². The number of carboxylic acid groups (broad SMARTS) is 1. The fourth-order valence-corrected chi connectivity index (χ4v) is 4.88. The predicted octanol–water partition coefficient (Wildman–Crippen LogP) is 2.02. The molecular formula is C24H29FN4O6S. The molecule has 36 heavy (non-hydrogen) atoms. The van der Waals surface area contributed by atoms with E-state index >= 15 is 0 Å². The lowest BCUT2D eigenvalue weighted by Gasteiger charge is -2.40. The summed E-state index contributed by atoms with van der Waals surface area (Å²) in [5.74, 6) is -2.30. The van der Waals surface area contributed by atoms with E-state index in [9.17, 15) is 27.5 Å². The van der Waals surface area contributed by atoms with Crippen molar-refractivity contribution in [1.29, 1.82) is 0 Å². The van der Waals surface area contributed by atoms with E-state index in [4.69, 9.17) is 9.88 Å². The van der Waals surface area contributed by atoms with Crippen molar-refractivity contribution in [1.82, 2.24) is 14.8 Å². The van der Waals surface area contributed by atoms with Crippen LogP contribution in [0.5, 0.6) is 5.75 Å². The van der Waals surface area contributed by atoms with Crippen LogP contribution < -0.4 is 9.88 Å². The molecule has 1 aliphatic rings. The number of nitrogens with two attached hydrogens (primary N) is 1. The zero-order valence-corrected chi connectivity index (χ0v) is 21.1. The number of rotatable bonds is 8. The van der Waals surface area contributed by atoms with Gasteiger partial charge >= 0.3 is 5.97 Å². The molecule has 0 saturated carbocycles. The van der Waals surface area contributed by atoms with Crippen LogP contribution in [-0.2, 0) is 14.8 Å². The highest BCUT2D eigenvalue weighted by Crippen LogP contribution is 2.30. The van der Waals surface area contributed by atoms with Crippen molar-refractivity contribution < 1.29 is 32.2 Å². The molecule has 1 aromatic heterocycles. The molecule has 1 aromatic carbocycles. The maximum atomic E-state index is 14.4. The van der Waals surface area contributed by atoms with Crippen molar-refractivity contribution in [2.24, 2.45) is 5.14 Å². The number of aromatic carboxylic acids is 1. The van der Waals surface area contributed by atoms with E-state index in [0.717, 1.165) is 0 Å². The Hall–Kier alpha value is -3.35. The fourth-order valence-electron chi connectivity index (χ4n) is 4.15. The monoisotopic (exact) mass is 520 g/mol. The van der Waals surface area contributed by atoms with Gasteiger partial charge in [-0.25, -0.2) is 27.7 Å². The Morgan fingerprint density at radius 2 is 2.00 bits per heavy atom. The van der Waals surface area contributed by atoms with Gasteiger partial charge in [-0.1, -0.05) is 18.7 Å². The van der Waals surface area contributed by atoms with Gasteiger partial charge in [-0.05, 0) is 55.7 Å². The number of hydrogen-bond acceptors (Lipinski definition) is 7. The summed E-state index contributed by atoms with van der Waals surface area (Å²) in [6.07, 6.45) is 0.440. The van der Waals surface area contributed by atoms with Crippen molar-refractivity contribution >= 4 is 21.9 Å². The second kappa shape index (κ2) is 10.7. The van der Waals surface area contributed by atoms with E-state index in [1.165, 1.54) is 25.1 Å². The topological polar surface area (TPSA) is 143 Å². The van der Waals surface area contributed by atoms with Gasteiger partial charge in [0.1, 0.15) is 11.9 Å². The molecule has 1 fully saturated rings. The molecule has 1 saturated heterocycles. The van der Waals surface area contributed by atoms with Crippen LogP contribution >= 0.6 is 0 Å². The summed E-state index contributed by atoms with van der Waals surface area (Å²) in [5.41, 5.74) is 0.372. The number of nitrogens with zero attached hydrogens (tertiary/aromatic N) is 3. The summed E-state index contributed by atoms with van der Waals surface area (Å²) in [6, 6.07) is 5.73. The minimum atomic E-state index is -4.27. The van der Waals surface area contributed by atoms with Crippen LogP contribution in [0.1, 0.15) is 40.2 Å². The van der Waals surface area contributed by atoms with E-state index in [0.29, 0.717) is 30.8 Å². The first-order valence-corrected chi connectivity index (χ1v) is 12.7. The summed E-state index contributed by atoms with van der Waals surface area (Å²) < 4.78 is 44.2. The Morgan fingerprint density at radius 1 is 1.31 bits per heavy atom.